The molecule has 3 unspecified atom stereocenters. The molecule has 0 spiro atoms. The van der Waals surface area contributed by atoms with E-state index >= 15 is 0 Å². The minimum atomic E-state index is 0.147. The van der Waals surface area contributed by atoms with E-state index < -0.39 is 0 Å². The number of benzene rings is 1. The molecule has 0 saturated heterocycles. The average Bonchev–Trinajstić information content (AvgIpc) is 3.18. The highest BCUT2D eigenvalue weighted by Crippen LogP contribution is 2.51. The number of carbonyl (C=O) groups is 1. The number of methoxy groups -OCH3 is 1. The lowest BCUT2D eigenvalue weighted by Crippen LogP contribution is -2.19. The molecule has 1 N–H and O–H groups in total. The van der Waals surface area contributed by atoms with Gasteiger partial charge in [0.15, 0.2) is 0 Å². The van der Waals surface area contributed by atoms with Gasteiger partial charge in [-0.2, -0.15) is 0 Å². The van der Waals surface area contributed by atoms with Crippen LogP contribution in [0.25, 0.3) is 0 Å². The van der Waals surface area contributed by atoms with Gasteiger partial charge < -0.3 is 10.1 Å². The molecule has 0 radical (unpaired) electrons. The normalized spacial score (nSPS) is 28.4. The number of hydrogen-bond acceptors (Lipinski definition) is 2. The third-order valence-corrected chi connectivity index (χ3v) is 4.50. The van der Waals surface area contributed by atoms with E-state index in [-0.39, 0.29) is 5.91 Å². The molecule has 0 aromatic heterocycles. The monoisotopic (exact) mass is 259 g/mol. The highest BCUT2D eigenvalue weighted by atomic mass is 16.5. The maximum absolute atomic E-state index is 12.0. The molecular weight excluding hydrogens is 238 g/mol. The molecule has 3 rings (SSSR count). The number of carbonyl (C=O) groups excluding carboxylic acids is 1. The molecule has 1 aromatic rings. The number of anilines is 1. The lowest BCUT2D eigenvalue weighted by molar-refractivity contribution is -0.117. The van der Waals surface area contributed by atoms with Crippen molar-refractivity contribution in [2.45, 2.75) is 32.1 Å². The minimum Gasteiger partial charge on any atom is -0.497 e. The lowest BCUT2D eigenvalue weighted by atomic mass is 9.87. The number of nitrogens with one attached hydrogen (secondary N) is 1. The summed E-state index contributed by atoms with van der Waals surface area (Å²) in [7, 11) is 1.64. The molecule has 2 aliphatic carbocycles. The van der Waals surface area contributed by atoms with E-state index in [0.29, 0.717) is 12.3 Å². The fraction of sp³-hybridized carbons (Fsp3) is 0.562. The maximum Gasteiger partial charge on any atom is 0.224 e. The van der Waals surface area contributed by atoms with Crippen molar-refractivity contribution in [2.24, 2.45) is 17.8 Å². The number of fused-ring (bicyclic) bond motifs is 1. The largest absolute Gasteiger partial charge is 0.497 e. The van der Waals surface area contributed by atoms with Crippen molar-refractivity contribution < 1.29 is 9.53 Å². The summed E-state index contributed by atoms with van der Waals surface area (Å²) >= 11 is 0. The zero-order valence-corrected chi connectivity index (χ0v) is 11.4. The summed E-state index contributed by atoms with van der Waals surface area (Å²) in [6.45, 7) is 0. The van der Waals surface area contributed by atoms with Gasteiger partial charge in [0.05, 0.1) is 7.11 Å². The second-order valence-corrected chi connectivity index (χ2v) is 5.92. The standard InChI is InChI=1S/C16H21NO2/c1-19-15-6-4-14(5-7-15)17-16(18)9-11-2-3-12-10-13(12)8-11/h4-7,11-13H,2-3,8-10H2,1H3,(H,17,18). The molecule has 0 aliphatic heterocycles. The first-order valence-corrected chi connectivity index (χ1v) is 7.18. The van der Waals surface area contributed by atoms with Crippen LogP contribution in [0.4, 0.5) is 5.69 Å². The van der Waals surface area contributed by atoms with E-state index in [1.54, 1.807) is 7.11 Å². The van der Waals surface area contributed by atoms with Crippen LogP contribution in [0.1, 0.15) is 32.1 Å². The van der Waals surface area contributed by atoms with Gasteiger partial charge >= 0.3 is 0 Å². The van der Waals surface area contributed by atoms with Crippen LogP contribution in [-0.4, -0.2) is 13.0 Å². The Morgan fingerprint density at radius 3 is 2.68 bits per heavy atom. The van der Waals surface area contributed by atoms with Crippen LogP contribution in [0.2, 0.25) is 0 Å². The maximum atomic E-state index is 12.0. The Kier molecular flexibility index (Phi) is 3.45. The quantitative estimate of drug-likeness (QED) is 0.899. The van der Waals surface area contributed by atoms with E-state index in [9.17, 15) is 4.79 Å². The number of ether oxygens (including phenoxy) is 1. The zero-order valence-electron chi connectivity index (χ0n) is 11.4. The SMILES string of the molecule is COc1ccc(NC(=O)CC2CCC3CC3C2)cc1. The molecule has 2 fully saturated rings. The van der Waals surface area contributed by atoms with Crippen LogP contribution < -0.4 is 10.1 Å². The smallest absolute Gasteiger partial charge is 0.224 e. The topological polar surface area (TPSA) is 38.3 Å². The van der Waals surface area contributed by atoms with Crippen molar-refractivity contribution in [1.29, 1.82) is 0 Å². The van der Waals surface area contributed by atoms with Crippen molar-refractivity contribution in [1.82, 2.24) is 0 Å². The lowest BCUT2D eigenvalue weighted by Gasteiger charge is -2.20. The van der Waals surface area contributed by atoms with E-state index in [2.05, 4.69) is 5.32 Å². The third-order valence-electron chi connectivity index (χ3n) is 4.50. The van der Waals surface area contributed by atoms with Gasteiger partial charge in [-0.25, -0.2) is 0 Å². The number of rotatable bonds is 4. The molecule has 0 bridgehead atoms. The first-order chi connectivity index (χ1) is 9.24. The van der Waals surface area contributed by atoms with Gasteiger partial charge in [0.2, 0.25) is 5.91 Å². The Morgan fingerprint density at radius 2 is 2.00 bits per heavy atom. The average molecular weight is 259 g/mol. The van der Waals surface area contributed by atoms with Crippen LogP contribution in [-0.2, 0) is 4.79 Å². The summed E-state index contributed by atoms with van der Waals surface area (Å²) in [5.41, 5.74) is 0.853. The predicted molar refractivity (Wildman–Crippen MR) is 75.2 cm³/mol. The Bertz CT molecular complexity index is 454. The van der Waals surface area contributed by atoms with Gasteiger partial charge in [-0.05, 0) is 67.7 Å². The fourth-order valence-corrected chi connectivity index (χ4v) is 3.28. The summed E-state index contributed by atoms with van der Waals surface area (Å²) in [6.07, 6.45) is 5.93. The van der Waals surface area contributed by atoms with Crippen molar-refractivity contribution in [3.63, 3.8) is 0 Å². The van der Waals surface area contributed by atoms with Crippen molar-refractivity contribution in [2.75, 3.05) is 12.4 Å². The number of amides is 1. The highest BCUT2D eigenvalue weighted by Gasteiger charge is 2.42. The molecular formula is C16H21NO2. The van der Waals surface area contributed by atoms with Crippen LogP contribution >= 0.6 is 0 Å². The molecule has 1 aromatic carbocycles. The van der Waals surface area contributed by atoms with Crippen LogP contribution in [0, 0.1) is 17.8 Å². The predicted octanol–water partition coefficient (Wildman–Crippen LogP) is 3.46. The van der Waals surface area contributed by atoms with Gasteiger partial charge in [-0.15, -0.1) is 0 Å². The second-order valence-electron chi connectivity index (χ2n) is 5.92. The van der Waals surface area contributed by atoms with Gasteiger partial charge in [0.1, 0.15) is 5.75 Å². The third kappa shape index (κ3) is 3.09. The Morgan fingerprint density at radius 1 is 1.21 bits per heavy atom. The molecule has 2 saturated carbocycles. The Hall–Kier alpha value is -1.51. The number of hydrogen-bond donors (Lipinski definition) is 1. The van der Waals surface area contributed by atoms with E-state index in [4.69, 9.17) is 4.74 Å². The van der Waals surface area contributed by atoms with E-state index in [1.165, 1.54) is 25.7 Å². The highest BCUT2D eigenvalue weighted by molar-refractivity contribution is 5.90. The minimum absolute atomic E-state index is 0.147. The molecule has 2 aliphatic rings. The molecule has 19 heavy (non-hydrogen) atoms. The summed E-state index contributed by atoms with van der Waals surface area (Å²) in [5.74, 6) is 3.50. The van der Waals surface area contributed by atoms with E-state index in [0.717, 1.165) is 23.3 Å². The van der Waals surface area contributed by atoms with Crippen LogP contribution in [0.3, 0.4) is 0 Å². The molecule has 3 atom stereocenters. The molecule has 1 amide bonds. The summed E-state index contributed by atoms with van der Waals surface area (Å²) in [6, 6.07) is 7.50. The Balaban J connectivity index is 1.49. The second kappa shape index (κ2) is 5.24. The summed E-state index contributed by atoms with van der Waals surface area (Å²) in [4.78, 5) is 12.0. The van der Waals surface area contributed by atoms with Gasteiger partial charge in [0.25, 0.3) is 0 Å². The van der Waals surface area contributed by atoms with Gasteiger partial charge in [-0.1, -0.05) is 0 Å². The van der Waals surface area contributed by atoms with Crippen molar-refractivity contribution in [3.8, 4) is 5.75 Å². The molecule has 0 heterocycles. The first-order valence-electron chi connectivity index (χ1n) is 7.18. The van der Waals surface area contributed by atoms with Crippen molar-refractivity contribution in [3.05, 3.63) is 24.3 Å². The zero-order chi connectivity index (χ0) is 13.2. The van der Waals surface area contributed by atoms with Crippen LogP contribution in [0.5, 0.6) is 5.75 Å². The fourth-order valence-electron chi connectivity index (χ4n) is 3.28. The summed E-state index contributed by atoms with van der Waals surface area (Å²) < 4.78 is 5.10. The first kappa shape index (κ1) is 12.5. The van der Waals surface area contributed by atoms with Gasteiger partial charge in [0, 0.05) is 12.1 Å². The molecule has 3 nitrogen and oxygen atoms in total. The Labute approximate surface area is 114 Å². The van der Waals surface area contributed by atoms with Gasteiger partial charge in [-0.3, -0.25) is 4.79 Å². The van der Waals surface area contributed by atoms with E-state index in [1.807, 2.05) is 24.3 Å². The van der Waals surface area contributed by atoms with Crippen LogP contribution in [0.15, 0.2) is 24.3 Å². The van der Waals surface area contributed by atoms with Crippen molar-refractivity contribution >= 4 is 11.6 Å². The molecule has 3 heteroatoms. The summed E-state index contributed by atoms with van der Waals surface area (Å²) in [5, 5.41) is 2.97. The molecule has 102 valence electrons.